The fourth-order valence-electron chi connectivity index (χ4n) is 8.34. The number of phenols is 4. The van der Waals surface area contributed by atoms with Crippen LogP contribution in [0, 0.1) is 0 Å². The van der Waals surface area contributed by atoms with Crippen LogP contribution >= 0.6 is 0 Å². The normalized spacial score (nSPS) is 26.1. The maximum absolute atomic E-state index is 11.7. The Morgan fingerprint density at radius 1 is 0.470 bits per heavy atom. The lowest BCUT2D eigenvalue weighted by Gasteiger charge is -2.33. The Morgan fingerprint density at radius 2 is 0.939 bits per heavy atom. The molecule has 18 heteroatoms. The van der Waals surface area contributed by atoms with E-state index in [9.17, 15) is 60.7 Å². The van der Waals surface area contributed by atoms with Gasteiger partial charge in [0.05, 0.1) is 16.8 Å². The molecule has 0 bridgehead atoms. The summed E-state index contributed by atoms with van der Waals surface area (Å²) in [7, 11) is 0. The summed E-state index contributed by atoms with van der Waals surface area (Å²) in [6, 6.07) is 14.1. The van der Waals surface area contributed by atoms with Gasteiger partial charge in [0.1, 0.15) is 60.0 Å². The van der Waals surface area contributed by atoms with Gasteiger partial charge in [-0.2, -0.15) is 0 Å². The first-order valence-electron chi connectivity index (χ1n) is 22.3. The number of hydrogen-bond donors (Lipinski definition) is 10. The summed E-state index contributed by atoms with van der Waals surface area (Å²) in [6.07, 6.45) is -0.328. The number of aliphatic hydroxyl groups is 6. The number of rotatable bonds is 8. The molecule has 0 saturated carbocycles. The Balaban J connectivity index is 0.000000131. The molecule has 5 aromatic rings. The van der Waals surface area contributed by atoms with Gasteiger partial charge in [-0.1, -0.05) is 65.5 Å². The van der Waals surface area contributed by atoms with E-state index in [4.69, 9.17) is 14.5 Å². The first kappa shape index (κ1) is 48.2. The third-order valence-corrected chi connectivity index (χ3v) is 12.0. The number of benzene rings is 1. The number of phenolic OH excluding ortho intramolecular Hbond substituents is 4. The van der Waals surface area contributed by atoms with Gasteiger partial charge in [0.2, 0.25) is 17.3 Å². The van der Waals surface area contributed by atoms with Crippen molar-refractivity contribution in [1.82, 2.24) is 19.9 Å². The van der Waals surface area contributed by atoms with Crippen molar-refractivity contribution >= 4 is 22.5 Å². The number of fused-ring (bicyclic) bond motifs is 9. The van der Waals surface area contributed by atoms with E-state index in [0.29, 0.717) is 29.9 Å². The monoisotopic (exact) mass is 912 g/mol. The lowest BCUT2D eigenvalue weighted by Crippen LogP contribution is -2.45. The second-order valence-electron chi connectivity index (χ2n) is 16.9. The molecular weight excluding hydrogens is 857 g/mol. The molecule has 10 atom stereocenters. The van der Waals surface area contributed by atoms with E-state index >= 15 is 0 Å². The van der Waals surface area contributed by atoms with Crippen molar-refractivity contribution < 1.29 is 70.1 Å². The zero-order valence-electron chi connectivity index (χ0n) is 36.9. The molecule has 0 spiro atoms. The van der Waals surface area contributed by atoms with Crippen molar-refractivity contribution in [2.75, 3.05) is 0 Å². The van der Waals surface area contributed by atoms with Crippen LogP contribution < -0.4 is 0 Å². The van der Waals surface area contributed by atoms with Crippen molar-refractivity contribution in [3.05, 3.63) is 105 Å². The molecule has 2 aliphatic heterocycles. The molecular formula is C48H56N4O14. The van der Waals surface area contributed by atoms with Gasteiger partial charge in [0.15, 0.2) is 29.5 Å². The lowest BCUT2D eigenvalue weighted by atomic mass is 9.86. The van der Waals surface area contributed by atoms with Crippen LogP contribution in [-0.2, 0) is 35.2 Å². The first-order valence-corrected chi connectivity index (χ1v) is 22.3. The summed E-state index contributed by atoms with van der Waals surface area (Å²) in [6.45, 7) is 8.17. The van der Waals surface area contributed by atoms with Crippen LogP contribution in [0.25, 0.3) is 10.9 Å². The number of pyridine rings is 4. The van der Waals surface area contributed by atoms with Gasteiger partial charge in [-0.25, -0.2) is 9.97 Å². The standard InChI is InChI=1S/C12H17NO4.2C12H13NO4.C12H13NO2/c3*1-2-3-6-4-5-7-8(13-6)10(15)12(17)11(16)9(7)14;1-2-3-6-4-5-7-8(13-6)10-12(15-10)11-9(7)14-11/h4-5,9-12,14-17H,2-3H2,1H3;4-5,14-17H,2-3H2,1H3;4-5,11-12,16-17H,2-3H2,1H3;4-5,9-12H,2-3H2,1H3. The minimum atomic E-state index is -1.70. The van der Waals surface area contributed by atoms with E-state index < -0.39 is 71.2 Å². The van der Waals surface area contributed by atoms with E-state index in [0.717, 1.165) is 62.0 Å². The minimum absolute atomic E-state index is 0.0289. The van der Waals surface area contributed by atoms with Crippen molar-refractivity contribution in [3.63, 3.8) is 0 Å². The van der Waals surface area contributed by atoms with E-state index in [1.165, 1.54) is 17.3 Å². The Morgan fingerprint density at radius 3 is 1.56 bits per heavy atom. The molecule has 0 radical (unpaired) electrons. The lowest BCUT2D eigenvalue weighted by molar-refractivity contribution is -0.122. The average Bonchev–Trinajstić information content (AvgIpc) is 4.27. The van der Waals surface area contributed by atoms with Crippen LogP contribution in [0.1, 0.15) is 144 Å². The number of ketones is 2. The van der Waals surface area contributed by atoms with Crippen LogP contribution in [-0.4, -0.2) is 119 Å². The Kier molecular flexibility index (Phi) is 14.6. The number of aryl methyl sites for hydroxylation is 4. The molecule has 3 aliphatic carbocycles. The predicted molar refractivity (Wildman–Crippen MR) is 235 cm³/mol. The highest BCUT2D eigenvalue weighted by atomic mass is 16.7. The van der Waals surface area contributed by atoms with E-state index in [2.05, 4.69) is 34.0 Å². The summed E-state index contributed by atoms with van der Waals surface area (Å²) in [5, 5.41) is 95.8. The van der Waals surface area contributed by atoms with Crippen molar-refractivity contribution in [3.8, 4) is 23.0 Å². The second kappa shape index (κ2) is 20.0. The van der Waals surface area contributed by atoms with Crippen LogP contribution in [0.4, 0.5) is 0 Å². The third-order valence-electron chi connectivity index (χ3n) is 12.0. The van der Waals surface area contributed by atoms with E-state index in [1.54, 1.807) is 30.3 Å². The summed E-state index contributed by atoms with van der Waals surface area (Å²) in [4.78, 5) is 40.5. The Bertz CT molecular complexity index is 2610. The number of aliphatic hydroxyl groups excluding tert-OH is 6. The van der Waals surface area contributed by atoms with Gasteiger partial charge in [0, 0.05) is 39.5 Å². The highest BCUT2D eigenvalue weighted by molar-refractivity contribution is 6.17. The molecule has 10 unspecified atom stereocenters. The number of ether oxygens (including phenoxy) is 2. The fraction of sp³-hybridized carbons (Fsp3) is 0.458. The molecule has 2 fully saturated rings. The van der Waals surface area contributed by atoms with Crippen molar-refractivity contribution in [1.29, 1.82) is 0 Å². The molecule has 0 amide bonds. The number of carbonyl (C=O) groups excluding carboxylic acids is 2. The maximum Gasteiger partial charge on any atom is 0.213 e. The zero-order chi connectivity index (χ0) is 47.7. The smallest absolute Gasteiger partial charge is 0.213 e. The molecule has 1 aromatic carbocycles. The Labute approximate surface area is 379 Å². The Hall–Kier alpha value is -5.70. The number of hydrogen-bond acceptors (Lipinski definition) is 18. The minimum Gasteiger partial charge on any atom is -0.504 e. The highest BCUT2D eigenvalue weighted by Crippen LogP contribution is 2.60. The number of nitrogens with zero attached hydrogens (tertiary/aromatic N) is 4. The molecule has 352 valence electrons. The summed E-state index contributed by atoms with van der Waals surface area (Å²) < 4.78 is 11.2. The summed E-state index contributed by atoms with van der Waals surface area (Å²) in [5.41, 5.74) is 6.65. The van der Waals surface area contributed by atoms with Gasteiger partial charge >= 0.3 is 0 Å². The van der Waals surface area contributed by atoms with Crippen molar-refractivity contribution in [2.45, 2.75) is 140 Å². The maximum atomic E-state index is 11.7. The molecule has 66 heavy (non-hydrogen) atoms. The first-order chi connectivity index (χ1) is 31.6. The van der Waals surface area contributed by atoms with Gasteiger partial charge in [-0.05, 0) is 62.1 Å². The van der Waals surface area contributed by atoms with Crippen LogP contribution in [0.5, 0.6) is 23.0 Å². The summed E-state index contributed by atoms with van der Waals surface area (Å²) in [5.74, 6) is -3.83. The number of aromatic hydroxyl groups is 4. The number of carbonyl (C=O) groups is 2. The quantitative estimate of drug-likeness (QED) is 0.0599. The zero-order valence-corrected chi connectivity index (χ0v) is 36.9. The van der Waals surface area contributed by atoms with Crippen LogP contribution in [0.15, 0.2) is 48.5 Å². The van der Waals surface area contributed by atoms with Gasteiger partial charge in [-0.15, -0.1) is 0 Å². The fourth-order valence-corrected chi connectivity index (χ4v) is 8.34. The third kappa shape index (κ3) is 9.45. The molecule has 10 rings (SSSR count). The molecule has 6 heterocycles. The predicted octanol–water partition coefficient (Wildman–Crippen LogP) is 3.91. The molecule has 5 aliphatic rings. The molecule has 4 aromatic heterocycles. The molecule has 18 nitrogen and oxygen atoms in total. The van der Waals surface area contributed by atoms with E-state index in [1.807, 2.05) is 20.8 Å². The summed E-state index contributed by atoms with van der Waals surface area (Å²) >= 11 is 0. The number of Topliss-reactive ketones (excluding diaryl/α,β-unsaturated/α-hetero) is 2. The topological polar surface area (TPSA) is 313 Å². The van der Waals surface area contributed by atoms with Gasteiger partial charge < -0.3 is 60.5 Å². The van der Waals surface area contributed by atoms with E-state index in [-0.39, 0.29) is 40.1 Å². The van der Waals surface area contributed by atoms with Crippen molar-refractivity contribution in [2.24, 2.45) is 0 Å². The largest absolute Gasteiger partial charge is 0.504 e. The van der Waals surface area contributed by atoms with Crippen LogP contribution in [0.2, 0.25) is 0 Å². The molecule has 2 saturated heterocycles. The van der Waals surface area contributed by atoms with Gasteiger partial charge in [0.25, 0.3) is 0 Å². The number of epoxide rings is 2. The van der Waals surface area contributed by atoms with Crippen LogP contribution in [0.3, 0.4) is 0 Å². The van der Waals surface area contributed by atoms with Gasteiger partial charge in [-0.3, -0.25) is 19.6 Å². The average molecular weight is 913 g/mol. The number of aromatic nitrogens is 4. The SMILES string of the molecule is CCCc1ccc2c(O)c(O)c(O)c(O)c2n1.CCCc1ccc2c(n1)C(=O)C(O)C(O)C2=O.CCCc1ccc2c(n1)C(O)C(O)C(O)C2O.CCCc1ccc2c(n1)C1OC1C1OC21. The second-order valence-corrected chi connectivity index (χ2v) is 16.9. The highest BCUT2D eigenvalue weighted by Gasteiger charge is 2.64. The molecule has 10 N–H and O–H groups in total.